The van der Waals surface area contributed by atoms with Gasteiger partial charge in [-0.25, -0.2) is 0 Å². The Labute approximate surface area is 68.1 Å². The van der Waals surface area contributed by atoms with E-state index in [9.17, 15) is 0 Å². The number of hydrogen-bond acceptors (Lipinski definition) is 2. The molecule has 0 aromatic carbocycles. The summed E-state index contributed by atoms with van der Waals surface area (Å²) in [4.78, 5) is 0. The molecule has 2 fully saturated rings. The van der Waals surface area contributed by atoms with E-state index in [1.54, 1.807) is 0 Å². The van der Waals surface area contributed by atoms with E-state index in [-0.39, 0.29) is 0 Å². The maximum absolute atomic E-state index is 5.81. The van der Waals surface area contributed by atoms with E-state index >= 15 is 0 Å². The zero-order valence-electron chi connectivity index (χ0n) is 7.23. The Morgan fingerprint density at radius 1 is 1.36 bits per heavy atom. The monoisotopic (exact) mass is 155 g/mol. The molecular formula is C9H17NO. The van der Waals surface area contributed by atoms with Crippen LogP contribution in [0.5, 0.6) is 0 Å². The highest BCUT2D eigenvalue weighted by Gasteiger charge is 2.54. The Morgan fingerprint density at radius 3 is 2.09 bits per heavy atom. The maximum Gasteiger partial charge on any atom is 0.0547 e. The van der Waals surface area contributed by atoms with Crippen LogP contribution in [-0.4, -0.2) is 19.8 Å². The van der Waals surface area contributed by atoms with Crippen LogP contribution in [0.3, 0.4) is 0 Å². The molecule has 0 atom stereocenters. The van der Waals surface area contributed by atoms with E-state index in [1.165, 1.54) is 19.3 Å². The Bertz CT molecular complexity index is 153. The summed E-state index contributed by atoms with van der Waals surface area (Å²) in [6.45, 7) is 5.05. The van der Waals surface area contributed by atoms with Gasteiger partial charge in [0.15, 0.2) is 0 Å². The molecule has 1 saturated heterocycles. The van der Waals surface area contributed by atoms with Crippen molar-refractivity contribution in [2.45, 2.75) is 26.2 Å². The normalized spacial score (nSPS) is 32.2. The van der Waals surface area contributed by atoms with Crippen LogP contribution in [0.15, 0.2) is 0 Å². The molecule has 0 amide bonds. The predicted octanol–water partition coefficient (Wildman–Crippen LogP) is 1.15. The van der Waals surface area contributed by atoms with Crippen molar-refractivity contribution in [1.29, 1.82) is 0 Å². The lowest BCUT2D eigenvalue weighted by molar-refractivity contribution is -0.196. The zero-order valence-corrected chi connectivity index (χ0v) is 7.23. The number of hydrogen-bond donors (Lipinski definition) is 1. The second kappa shape index (κ2) is 2.20. The van der Waals surface area contributed by atoms with Crippen molar-refractivity contribution in [2.24, 2.45) is 16.6 Å². The molecule has 0 aromatic rings. The molecule has 1 aliphatic heterocycles. The molecule has 1 heterocycles. The lowest BCUT2D eigenvalue weighted by Crippen LogP contribution is -2.59. The average molecular weight is 155 g/mol. The third-order valence-corrected chi connectivity index (χ3v) is 3.82. The van der Waals surface area contributed by atoms with Gasteiger partial charge in [0.1, 0.15) is 0 Å². The highest BCUT2D eigenvalue weighted by molar-refractivity contribution is 5.04. The average Bonchev–Trinajstić information content (AvgIpc) is 1.83. The first-order valence-corrected chi connectivity index (χ1v) is 4.50. The minimum Gasteiger partial charge on any atom is -0.380 e. The van der Waals surface area contributed by atoms with Gasteiger partial charge in [0.05, 0.1) is 13.2 Å². The quantitative estimate of drug-likeness (QED) is 0.649. The van der Waals surface area contributed by atoms with E-state index in [4.69, 9.17) is 10.5 Å². The van der Waals surface area contributed by atoms with E-state index < -0.39 is 0 Å². The molecule has 64 valence electrons. The number of rotatable bonds is 2. The SMILES string of the molecule is CC1(C2(CN)CCC2)COC1. The van der Waals surface area contributed by atoms with Crippen LogP contribution in [0.25, 0.3) is 0 Å². The van der Waals surface area contributed by atoms with Crippen LogP contribution in [0.1, 0.15) is 26.2 Å². The van der Waals surface area contributed by atoms with Crippen LogP contribution in [0.2, 0.25) is 0 Å². The first kappa shape index (κ1) is 7.56. The fraction of sp³-hybridized carbons (Fsp3) is 1.00. The summed E-state index contributed by atoms with van der Waals surface area (Å²) in [6.07, 6.45) is 4.01. The van der Waals surface area contributed by atoms with Crippen LogP contribution in [0, 0.1) is 10.8 Å². The Morgan fingerprint density at radius 2 is 2.00 bits per heavy atom. The number of nitrogens with two attached hydrogens (primary N) is 1. The molecule has 11 heavy (non-hydrogen) atoms. The summed E-state index contributed by atoms with van der Waals surface area (Å²) in [5.41, 5.74) is 6.68. The minimum atomic E-state index is 0.417. The fourth-order valence-corrected chi connectivity index (χ4v) is 2.37. The number of ether oxygens (including phenoxy) is 1. The molecule has 1 aliphatic carbocycles. The van der Waals surface area contributed by atoms with Gasteiger partial charge < -0.3 is 10.5 Å². The van der Waals surface area contributed by atoms with Crippen LogP contribution < -0.4 is 5.73 Å². The lowest BCUT2D eigenvalue weighted by Gasteiger charge is -2.58. The highest BCUT2D eigenvalue weighted by Crippen LogP contribution is 2.56. The summed E-state index contributed by atoms with van der Waals surface area (Å²) in [6, 6.07) is 0. The minimum absolute atomic E-state index is 0.417. The summed E-state index contributed by atoms with van der Waals surface area (Å²) in [5.74, 6) is 0. The second-order valence-electron chi connectivity index (χ2n) is 4.39. The first-order chi connectivity index (χ1) is 5.22. The summed E-state index contributed by atoms with van der Waals surface area (Å²) >= 11 is 0. The molecule has 0 unspecified atom stereocenters. The van der Waals surface area contributed by atoms with Crippen molar-refractivity contribution in [2.75, 3.05) is 19.8 Å². The van der Waals surface area contributed by atoms with E-state index in [2.05, 4.69) is 6.92 Å². The topological polar surface area (TPSA) is 35.2 Å². The molecular weight excluding hydrogens is 138 g/mol. The summed E-state index contributed by atoms with van der Waals surface area (Å²) in [5, 5.41) is 0. The van der Waals surface area contributed by atoms with Gasteiger partial charge >= 0.3 is 0 Å². The van der Waals surface area contributed by atoms with Gasteiger partial charge in [0, 0.05) is 5.41 Å². The molecule has 2 N–H and O–H groups in total. The van der Waals surface area contributed by atoms with Gasteiger partial charge in [0.25, 0.3) is 0 Å². The molecule has 2 nitrogen and oxygen atoms in total. The maximum atomic E-state index is 5.81. The van der Waals surface area contributed by atoms with Crippen molar-refractivity contribution in [3.63, 3.8) is 0 Å². The highest BCUT2D eigenvalue weighted by atomic mass is 16.5. The van der Waals surface area contributed by atoms with E-state index in [0.717, 1.165) is 19.8 Å². The van der Waals surface area contributed by atoms with Crippen molar-refractivity contribution in [3.05, 3.63) is 0 Å². The zero-order chi connectivity index (χ0) is 7.95. The Kier molecular flexibility index (Phi) is 1.52. The Balaban J connectivity index is 2.10. The third-order valence-electron chi connectivity index (χ3n) is 3.82. The van der Waals surface area contributed by atoms with Gasteiger partial charge in [-0.15, -0.1) is 0 Å². The van der Waals surface area contributed by atoms with Gasteiger partial charge in [-0.3, -0.25) is 0 Å². The first-order valence-electron chi connectivity index (χ1n) is 4.50. The van der Waals surface area contributed by atoms with Crippen molar-refractivity contribution < 1.29 is 4.74 Å². The predicted molar refractivity (Wildman–Crippen MR) is 44.3 cm³/mol. The van der Waals surface area contributed by atoms with Crippen LogP contribution in [0.4, 0.5) is 0 Å². The van der Waals surface area contributed by atoms with E-state index in [0.29, 0.717) is 10.8 Å². The lowest BCUT2D eigenvalue weighted by atomic mass is 9.53. The Hall–Kier alpha value is -0.0800. The van der Waals surface area contributed by atoms with Crippen LogP contribution in [-0.2, 0) is 4.74 Å². The van der Waals surface area contributed by atoms with Crippen molar-refractivity contribution >= 4 is 0 Å². The summed E-state index contributed by atoms with van der Waals surface area (Å²) in [7, 11) is 0. The second-order valence-corrected chi connectivity index (χ2v) is 4.39. The van der Waals surface area contributed by atoms with Gasteiger partial charge in [0.2, 0.25) is 0 Å². The van der Waals surface area contributed by atoms with E-state index in [1.807, 2.05) is 0 Å². The molecule has 0 aromatic heterocycles. The molecule has 1 saturated carbocycles. The largest absolute Gasteiger partial charge is 0.380 e. The van der Waals surface area contributed by atoms with Crippen molar-refractivity contribution in [1.82, 2.24) is 0 Å². The third kappa shape index (κ3) is 0.798. The summed E-state index contributed by atoms with van der Waals surface area (Å²) < 4.78 is 5.27. The standard InChI is InChI=1S/C9H17NO/c1-8(6-11-7-8)9(5-10)3-2-4-9/h2-7,10H2,1H3. The molecule has 0 bridgehead atoms. The van der Waals surface area contributed by atoms with Gasteiger partial charge in [-0.2, -0.15) is 0 Å². The van der Waals surface area contributed by atoms with Gasteiger partial charge in [-0.1, -0.05) is 13.3 Å². The molecule has 2 aliphatic rings. The molecule has 0 radical (unpaired) electrons. The molecule has 2 heteroatoms. The van der Waals surface area contributed by atoms with Crippen LogP contribution >= 0.6 is 0 Å². The van der Waals surface area contributed by atoms with Gasteiger partial charge in [-0.05, 0) is 24.8 Å². The smallest absolute Gasteiger partial charge is 0.0547 e. The molecule has 2 rings (SSSR count). The fourth-order valence-electron chi connectivity index (χ4n) is 2.37. The molecule has 0 spiro atoms. The van der Waals surface area contributed by atoms with Crippen molar-refractivity contribution in [3.8, 4) is 0 Å².